The molecule has 6 nitrogen and oxygen atoms in total. The third-order valence-corrected chi connectivity index (χ3v) is 7.31. The van der Waals surface area contributed by atoms with Crippen molar-refractivity contribution in [1.82, 2.24) is 9.88 Å². The Labute approximate surface area is 181 Å². The zero-order valence-electron chi connectivity index (χ0n) is 17.5. The number of carbonyl (C=O) groups is 2. The van der Waals surface area contributed by atoms with Gasteiger partial charge in [0.15, 0.2) is 5.13 Å². The third kappa shape index (κ3) is 3.88. The maximum absolute atomic E-state index is 12.6. The molecule has 0 unspecified atom stereocenters. The zero-order valence-corrected chi connectivity index (χ0v) is 18.3. The van der Waals surface area contributed by atoms with Gasteiger partial charge in [0.1, 0.15) is 0 Å². The third-order valence-electron chi connectivity index (χ3n) is 6.40. The summed E-state index contributed by atoms with van der Waals surface area (Å²) in [7, 11) is 1.81. The van der Waals surface area contributed by atoms with Crippen molar-refractivity contribution in [2.24, 2.45) is 5.92 Å². The van der Waals surface area contributed by atoms with Crippen LogP contribution < -0.4 is 9.80 Å². The van der Waals surface area contributed by atoms with Gasteiger partial charge < -0.3 is 4.90 Å². The first-order chi connectivity index (χ1) is 14.6. The summed E-state index contributed by atoms with van der Waals surface area (Å²) in [5, 5.41) is 2.75. The molecule has 0 N–H and O–H groups in total. The largest absolute Gasteiger partial charge is 0.312 e. The number of fused-ring (bicyclic) bond motifs is 1. The predicted molar refractivity (Wildman–Crippen MR) is 120 cm³/mol. The minimum atomic E-state index is 0.0949. The average molecular weight is 425 g/mol. The quantitative estimate of drug-likeness (QED) is 0.737. The van der Waals surface area contributed by atoms with E-state index in [0.717, 1.165) is 67.4 Å². The van der Waals surface area contributed by atoms with Crippen molar-refractivity contribution >= 4 is 34.0 Å². The highest BCUT2D eigenvalue weighted by Crippen LogP contribution is 2.37. The van der Waals surface area contributed by atoms with Gasteiger partial charge in [0.2, 0.25) is 11.8 Å². The van der Waals surface area contributed by atoms with Crippen molar-refractivity contribution in [3.63, 3.8) is 0 Å². The van der Waals surface area contributed by atoms with E-state index in [1.807, 2.05) is 17.3 Å². The van der Waals surface area contributed by atoms with Crippen LogP contribution in [0.2, 0.25) is 0 Å². The first kappa shape index (κ1) is 19.7. The minimum absolute atomic E-state index is 0.0949. The predicted octanol–water partition coefficient (Wildman–Crippen LogP) is 3.56. The van der Waals surface area contributed by atoms with E-state index < -0.39 is 0 Å². The van der Waals surface area contributed by atoms with Crippen molar-refractivity contribution in [2.75, 3.05) is 43.0 Å². The summed E-state index contributed by atoms with van der Waals surface area (Å²) in [5.41, 5.74) is 4.23. The Hall–Kier alpha value is -2.25. The number of amides is 2. The van der Waals surface area contributed by atoms with Crippen LogP contribution in [0.1, 0.15) is 37.7 Å². The molecule has 1 aliphatic carbocycles. The second kappa shape index (κ2) is 8.12. The Balaban J connectivity index is 1.32. The molecule has 0 radical (unpaired) electrons. The van der Waals surface area contributed by atoms with E-state index in [0.29, 0.717) is 6.54 Å². The molecule has 2 amide bonds. The molecule has 2 aliphatic heterocycles. The van der Waals surface area contributed by atoms with E-state index >= 15 is 0 Å². The molecule has 1 saturated carbocycles. The van der Waals surface area contributed by atoms with Crippen LogP contribution in [0.3, 0.4) is 0 Å². The standard InChI is InChI=1S/C23H28N4O2S/c1-25(21(28)14-26-10-2-3-11-26)23-24-19(15-30-23)17-8-9-20-18(13-17)5-4-12-27(20)22(29)16-6-7-16/h8-9,13,15-16H,2-7,10-12,14H2,1H3. The van der Waals surface area contributed by atoms with Crippen molar-refractivity contribution in [1.29, 1.82) is 0 Å². The zero-order chi connectivity index (χ0) is 20.7. The van der Waals surface area contributed by atoms with E-state index in [9.17, 15) is 9.59 Å². The molecule has 0 atom stereocenters. The lowest BCUT2D eigenvalue weighted by Crippen LogP contribution is -2.37. The molecular formula is C23H28N4O2S. The molecule has 0 bridgehead atoms. The van der Waals surface area contributed by atoms with E-state index in [4.69, 9.17) is 4.98 Å². The number of hydrogen-bond acceptors (Lipinski definition) is 5. The highest BCUT2D eigenvalue weighted by Gasteiger charge is 2.35. The van der Waals surface area contributed by atoms with Crippen molar-refractivity contribution in [3.05, 3.63) is 29.1 Å². The van der Waals surface area contributed by atoms with Gasteiger partial charge in [-0.2, -0.15) is 0 Å². The van der Waals surface area contributed by atoms with Crippen molar-refractivity contribution in [3.8, 4) is 11.3 Å². The smallest absolute Gasteiger partial charge is 0.242 e. The van der Waals surface area contributed by atoms with Gasteiger partial charge >= 0.3 is 0 Å². The molecular weight excluding hydrogens is 396 g/mol. The molecule has 2 fully saturated rings. The molecule has 3 aliphatic rings. The maximum atomic E-state index is 12.6. The van der Waals surface area contributed by atoms with Gasteiger partial charge in [-0.1, -0.05) is 6.07 Å². The van der Waals surface area contributed by atoms with Gasteiger partial charge in [0.25, 0.3) is 0 Å². The fourth-order valence-electron chi connectivity index (χ4n) is 4.43. The Morgan fingerprint density at radius 3 is 2.73 bits per heavy atom. The number of nitrogens with zero attached hydrogens (tertiary/aromatic N) is 4. The Bertz CT molecular complexity index is 962. The first-order valence-electron chi connectivity index (χ1n) is 11.0. The Morgan fingerprint density at radius 1 is 1.17 bits per heavy atom. The molecule has 1 saturated heterocycles. The van der Waals surface area contributed by atoms with Crippen LogP contribution in [0, 0.1) is 5.92 Å². The van der Waals surface area contributed by atoms with E-state index in [1.54, 1.807) is 4.90 Å². The summed E-state index contributed by atoms with van der Waals surface area (Å²) in [6.07, 6.45) is 6.43. The molecule has 3 heterocycles. The lowest BCUT2D eigenvalue weighted by atomic mass is 9.98. The van der Waals surface area contributed by atoms with Gasteiger partial charge in [0, 0.05) is 36.1 Å². The number of likely N-dealkylation sites (tertiary alicyclic amines) is 1. The van der Waals surface area contributed by atoms with Crippen LogP contribution in [0.5, 0.6) is 0 Å². The Kier molecular flexibility index (Phi) is 5.33. The number of likely N-dealkylation sites (N-methyl/N-ethyl adjacent to an activating group) is 1. The van der Waals surface area contributed by atoms with Crippen LogP contribution >= 0.6 is 11.3 Å². The van der Waals surface area contributed by atoms with Crippen LogP contribution in [0.4, 0.5) is 10.8 Å². The number of benzene rings is 1. The van der Waals surface area contributed by atoms with E-state index in [1.165, 1.54) is 29.7 Å². The second-order valence-corrected chi connectivity index (χ2v) is 9.50. The highest BCUT2D eigenvalue weighted by molar-refractivity contribution is 7.14. The van der Waals surface area contributed by atoms with Gasteiger partial charge in [-0.05, 0) is 69.3 Å². The van der Waals surface area contributed by atoms with Crippen LogP contribution in [0.25, 0.3) is 11.3 Å². The molecule has 0 spiro atoms. The van der Waals surface area contributed by atoms with Gasteiger partial charge in [-0.15, -0.1) is 11.3 Å². The SMILES string of the molecule is CN(C(=O)CN1CCCC1)c1nc(-c2ccc3c(c2)CCCN3C(=O)C2CC2)cs1. The number of carbonyl (C=O) groups excluding carboxylic acids is 2. The molecule has 158 valence electrons. The number of rotatable bonds is 5. The molecule has 1 aromatic heterocycles. The van der Waals surface area contributed by atoms with E-state index in [-0.39, 0.29) is 17.7 Å². The first-order valence-corrected chi connectivity index (χ1v) is 11.9. The summed E-state index contributed by atoms with van der Waals surface area (Å²) >= 11 is 1.50. The highest BCUT2D eigenvalue weighted by atomic mass is 32.1. The fraction of sp³-hybridized carbons (Fsp3) is 0.522. The molecule has 1 aromatic carbocycles. The monoisotopic (exact) mass is 424 g/mol. The fourth-order valence-corrected chi connectivity index (χ4v) is 5.25. The molecule has 5 rings (SSSR count). The normalized spacial score (nSPS) is 19.0. The summed E-state index contributed by atoms with van der Waals surface area (Å²) in [4.78, 5) is 35.8. The van der Waals surface area contributed by atoms with Crippen LogP contribution in [-0.4, -0.2) is 54.9 Å². The van der Waals surface area contributed by atoms with Gasteiger partial charge in [-0.3, -0.25) is 19.4 Å². The number of aryl methyl sites for hydroxylation is 1. The number of aromatic nitrogens is 1. The molecule has 2 aromatic rings. The lowest BCUT2D eigenvalue weighted by Gasteiger charge is -2.30. The Morgan fingerprint density at radius 2 is 1.97 bits per heavy atom. The minimum Gasteiger partial charge on any atom is -0.312 e. The van der Waals surface area contributed by atoms with E-state index in [2.05, 4.69) is 23.1 Å². The second-order valence-electron chi connectivity index (χ2n) is 8.66. The summed E-state index contributed by atoms with van der Waals surface area (Å²) in [5.74, 6) is 0.626. The van der Waals surface area contributed by atoms with Crippen LogP contribution in [0.15, 0.2) is 23.6 Å². The summed E-state index contributed by atoms with van der Waals surface area (Å²) in [6.45, 7) is 3.32. The number of thiazole rings is 1. The molecule has 7 heteroatoms. The average Bonchev–Trinajstić information content (AvgIpc) is 3.27. The van der Waals surface area contributed by atoms with Crippen molar-refractivity contribution < 1.29 is 9.59 Å². The number of anilines is 2. The number of hydrogen-bond donors (Lipinski definition) is 0. The van der Waals surface area contributed by atoms with Crippen LogP contribution in [-0.2, 0) is 16.0 Å². The maximum Gasteiger partial charge on any atom is 0.242 e. The summed E-state index contributed by atoms with van der Waals surface area (Å²) in [6, 6.07) is 6.31. The molecule has 30 heavy (non-hydrogen) atoms. The summed E-state index contributed by atoms with van der Waals surface area (Å²) < 4.78 is 0. The lowest BCUT2D eigenvalue weighted by molar-refractivity contribution is -0.120. The van der Waals surface area contributed by atoms with Gasteiger partial charge in [0.05, 0.1) is 12.2 Å². The van der Waals surface area contributed by atoms with Crippen molar-refractivity contribution in [2.45, 2.75) is 38.5 Å². The topological polar surface area (TPSA) is 56.8 Å². The van der Waals surface area contributed by atoms with Gasteiger partial charge in [-0.25, -0.2) is 4.98 Å².